The van der Waals surface area contributed by atoms with Crippen LogP contribution in [0.1, 0.15) is 0 Å². The highest BCUT2D eigenvalue weighted by atomic mass is 32.2. The van der Waals surface area contributed by atoms with Crippen molar-refractivity contribution in [3.63, 3.8) is 0 Å². The molecule has 1 nitrogen and oxygen atoms in total. The molecule has 0 heterocycles. The van der Waals surface area contributed by atoms with E-state index in [2.05, 4.69) is 11.3 Å². The molecule has 36 valence electrons. The topological polar surface area (TPSA) is 9.23 Å². The highest BCUT2D eigenvalue weighted by molar-refractivity contribution is 8.02. The summed E-state index contributed by atoms with van der Waals surface area (Å²) in [5.41, 5.74) is 0. The average Bonchev–Trinajstić information content (AvgIpc) is 1.65. The minimum absolute atomic E-state index is 0.759. The Balaban J connectivity index is 2.99. The maximum Gasteiger partial charge on any atom is 0.145 e. The third kappa shape index (κ3) is 2.15. The molecule has 0 rings (SSSR count). The average molecular weight is 104 g/mol. The van der Waals surface area contributed by atoms with Crippen LogP contribution in [0.2, 0.25) is 0 Å². The summed E-state index contributed by atoms with van der Waals surface area (Å²) in [5.74, 6) is 0. The fourth-order valence-electron chi connectivity index (χ4n) is 0.0833. The molecule has 6 heavy (non-hydrogen) atoms. The first-order valence-electron chi connectivity index (χ1n) is 1.58. The lowest BCUT2D eigenvalue weighted by Crippen LogP contribution is -1.71. The van der Waals surface area contributed by atoms with E-state index in [0.717, 1.165) is 5.09 Å². The molecule has 0 aromatic rings. The highest BCUT2D eigenvalue weighted by Gasteiger charge is 1.78. The summed E-state index contributed by atoms with van der Waals surface area (Å²) < 4.78 is 4.67. The molecule has 0 radical (unpaired) electrons. The van der Waals surface area contributed by atoms with Gasteiger partial charge in [-0.1, -0.05) is 11.8 Å². The van der Waals surface area contributed by atoms with Gasteiger partial charge in [0.2, 0.25) is 0 Å². The molecular formula is C4H8OS. The fraction of sp³-hybridized carbons (Fsp3) is 0.500. The largest absolute Gasteiger partial charge is 0.491 e. The van der Waals surface area contributed by atoms with Gasteiger partial charge in [-0.15, -0.1) is 0 Å². The van der Waals surface area contributed by atoms with Crippen molar-refractivity contribution in [3.8, 4) is 0 Å². The monoisotopic (exact) mass is 104 g/mol. The van der Waals surface area contributed by atoms with Gasteiger partial charge < -0.3 is 4.74 Å². The van der Waals surface area contributed by atoms with E-state index in [9.17, 15) is 0 Å². The minimum Gasteiger partial charge on any atom is -0.491 e. The predicted molar refractivity (Wildman–Crippen MR) is 29.7 cm³/mol. The van der Waals surface area contributed by atoms with Crippen LogP contribution in [0.3, 0.4) is 0 Å². The summed E-state index contributed by atoms with van der Waals surface area (Å²) in [7, 11) is 1.61. The Hall–Kier alpha value is -0.110. The zero-order chi connectivity index (χ0) is 4.99. The van der Waals surface area contributed by atoms with Gasteiger partial charge in [-0.3, -0.25) is 0 Å². The van der Waals surface area contributed by atoms with Gasteiger partial charge >= 0.3 is 0 Å². The Kier molecular flexibility index (Phi) is 3.04. The van der Waals surface area contributed by atoms with Crippen molar-refractivity contribution in [1.29, 1.82) is 0 Å². The van der Waals surface area contributed by atoms with Crippen LogP contribution in [0.4, 0.5) is 0 Å². The van der Waals surface area contributed by atoms with E-state index >= 15 is 0 Å². The molecule has 0 spiro atoms. The van der Waals surface area contributed by atoms with Gasteiger partial charge in [0, 0.05) is 0 Å². The van der Waals surface area contributed by atoms with Gasteiger partial charge in [-0.2, -0.15) is 0 Å². The molecule has 0 aliphatic rings. The molecule has 0 aromatic heterocycles. The predicted octanol–water partition coefficient (Wildman–Crippen LogP) is 1.47. The smallest absolute Gasteiger partial charge is 0.145 e. The molecule has 0 fully saturated rings. The normalized spacial score (nSPS) is 7.67. The third-order valence-corrected chi connectivity index (χ3v) is 1.08. The van der Waals surface area contributed by atoms with Crippen molar-refractivity contribution in [2.45, 2.75) is 0 Å². The number of hydrogen-bond acceptors (Lipinski definition) is 2. The van der Waals surface area contributed by atoms with Crippen LogP contribution in [-0.2, 0) is 4.74 Å². The number of methoxy groups -OCH3 is 1. The van der Waals surface area contributed by atoms with E-state index in [4.69, 9.17) is 0 Å². The number of ether oxygens (including phenoxy) is 1. The second-order valence-corrected chi connectivity index (χ2v) is 1.64. The van der Waals surface area contributed by atoms with Crippen LogP contribution in [0, 0.1) is 0 Å². The van der Waals surface area contributed by atoms with Gasteiger partial charge in [0.1, 0.15) is 5.09 Å². The summed E-state index contributed by atoms with van der Waals surface area (Å²) in [6.45, 7) is 3.53. The maximum absolute atomic E-state index is 4.67. The van der Waals surface area contributed by atoms with E-state index < -0.39 is 0 Å². The first-order valence-corrected chi connectivity index (χ1v) is 2.80. The third-order valence-electron chi connectivity index (χ3n) is 0.455. The molecule has 0 bridgehead atoms. The van der Waals surface area contributed by atoms with Crippen molar-refractivity contribution in [2.24, 2.45) is 0 Å². The van der Waals surface area contributed by atoms with Crippen LogP contribution in [0.5, 0.6) is 0 Å². The van der Waals surface area contributed by atoms with E-state index in [-0.39, 0.29) is 0 Å². The minimum atomic E-state index is 0.759. The number of thioether (sulfide) groups is 1. The second-order valence-electron chi connectivity index (χ2n) is 0.780. The lowest BCUT2D eigenvalue weighted by molar-refractivity contribution is 0.327. The SMILES string of the molecule is C=C(OC)SC. The molecule has 0 unspecified atom stereocenters. The summed E-state index contributed by atoms with van der Waals surface area (Å²) in [5, 5.41) is 0.759. The summed E-state index contributed by atoms with van der Waals surface area (Å²) in [6.07, 6.45) is 1.92. The van der Waals surface area contributed by atoms with Crippen LogP contribution < -0.4 is 0 Å². The first-order chi connectivity index (χ1) is 2.81. The molecule has 0 aromatic carbocycles. The quantitative estimate of drug-likeness (QED) is 0.490. The van der Waals surface area contributed by atoms with Gasteiger partial charge in [0.25, 0.3) is 0 Å². The Morgan fingerprint density at radius 1 is 1.83 bits per heavy atom. The Bertz CT molecular complexity index is 45.5. The summed E-state index contributed by atoms with van der Waals surface area (Å²) in [4.78, 5) is 0. The molecule has 0 saturated carbocycles. The van der Waals surface area contributed by atoms with Crippen molar-refractivity contribution >= 4 is 11.8 Å². The van der Waals surface area contributed by atoms with E-state index in [1.807, 2.05) is 6.26 Å². The molecular weight excluding hydrogens is 96.1 g/mol. The second kappa shape index (κ2) is 3.09. The van der Waals surface area contributed by atoms with Gasteiger partial charge in [-0.25, -0.2) is 0 Å². The molecule has 0 saturated heterocycles. The van der Waals surface area contributed by atoms with Crippen molar-refractivity contribution in [2.75, 3.05) is 13.4 Å². The van der Waals surface area contributed by atoms with E-state index in [1.54, 1.807) is 7.11 Å². The molecule has 0 amide bonds. The Labute approximate surface area is 42.4 Å². The molecule has 2 heteroatoms. The lowest BCUT2D eigenvalue weighted by Gasteiger charge is -1.93. The van der Waals surface area contributed by atoms with E-state index in [1.165, 1.54) is 11.8 Å². The van der Waals surface area contributed by atoms with Gasteiger partial charge in [0.05, 0.1) is 7.11 Å². The zero-order valence-corrected chi connectivity index (χ0v) is 4.84. The van der Waals surface area contributed by atoms with Crippen molar-refractivity contribution in [1.82, 2.24) is 0 Å². The standard InChI is InChI=1S/C4H8OS/c1-4(5-2)6-3/h1H2,2-3H3. The lowest BCUT2D eigenvalue weighted by atomic mass is 11.1. The molecule has 0 aliphatic carbocycles. The van der Waals surface area contributed by atoms with Crippen LogP contribution in [0.15, 0.2) is 11.7 Å². The summed E-state index contributed by atoms with van der Waals surface area (Å²) in [6, 6.07) is 0. The highest BCUT2D eigenvalue weighted by Crippen LogP contribution is 2.06. The maximum atomic E-state index is 4.67. The van der Waals surface area contributed by atoms with E-state index in [0.29, 0.717) is 0 Å². The molecule has 0 atom stereocenters. The zero-order valence-electron chi connectivity index (χ0n) is 4.02. The van der Waals surface area contributed by atoms with Crippen molar-refractivity contribution < 1.29 is 4.74 Å². The number of rotatable bonds is 2. The van der Waals surface area contributed by atoms with Crippen molar-refractivity contribution in [3.05, 3.63) is 11.7 Å². The van der Waals surface area contributed by atoms with Gasteiger partial charge in [-0.05, 0) is 12.8 Å². The van der Waals surface area contributed by atoms with Crippen LogP contribution in [0.25, 0.3) is 0 Å². The van der Waals surface area contributed by atoms with Crippen LogP contribution >= 0.6 is 11.8 Å². The summed E-state index contributed by atoms with van der Waals surface area (Å²) >= 11 is 1.51. The molecule has 0 aliphatic heterocycles. The first kappa shape index (κ1) is 5.89. The Morgan fingerprint density at radius 3 is 2.33 bits per heavy atom. The van der Waals surface area contributed by atoms with Gasteiger partial charge in [0.15, 0.2) is 0 Å². The number of hydrogen-bond donors (Lipinski definition) is 0. The Morgan fingerprint density at radius 2 is 2.33 bits per heavy atom. The fourth-order valence-corrected chi connectivity index (χ4v) is 0.250. The molecule has 0 N–H and O–H groups in total. The van der Waals surface area contributed by atoms with Crippen LogP contribution in [-0.4, -0.2) is 13.4 Å².